The van der Waals surface area contributed by atoms with E-state index in [1.54, 1.807) is 0 Å². The van der Waals surface area contributed by atoms with Gasteiger partial charge in [0.25, 0.3) is 0 Å². The van der Waals surface area contributed by atoms with Gasteiger partial charge in [0.15, 0.2) is 0 Å². The summed E-state index contributed by atoms with van der Waals surface area (Å²) >= 11 is 0. The summed E-state index contributed by atoms with van der Waals surface area (Å²) in [5, 5.41) is 11.4. The highest BCUT2D eigenvalue weighted by Crippen LogP contribution is 2.10. The number of nitrogens with one attached hydrogen (secondary N) is 1. The van der Waals surface area contributed by atoms with Gasteiger partial charge in [-0.15, -0.1) is 0 Å². The van der Waals surface area contributed by atoms with Crippen LogP contribution in [-0.2, 0) is 16.0 Å². The number of halogens is 2. The highest BCUT2D eigenvalue weighted by atomic mass is 19.1. The Hall–Kier alpha value is -1.53. The second kappa shape index (κ2) is 7.03. The van der Waals surface area contributed by atoms with Crippen LogP contribution < -0.4 is 5.32 Å². The Labute approximate surface area is 104 Å². The van der Waals surface area contributed by atoms with Crippen LogP contribution in [-0.4, -0.2) is 37.4 Å². The molecule has 1 rings (SSSR count). The van der Waals surface area contributed by atoms with Crippen LogP contribution >= 0.6 is 0 Å². The van der Waals surface area contributed by atoms with Crippen LogP contribution in [0.15, 0.2) is 18.2 Å². The van der Waals surface area contributed by atoms with Crippen molar-refractivity contribution >= 4 is 5.91 Å². The first-order valence-electron chi connectivity index (χ1n) is 5.40. The fraction of sp³-hybridized carbons (Fsp3) is 0.417. The van der Waals surface area contributed by atoms with Gasteiger partial charge in [0.1, 0.15) is 11.6 Å². The number of carbonyl (C=O) groups excluding carboxylic acids is 1. The lowest BCUT2D eigenvalue weighted by Gasteiger charge is -2.15. The summed E-state index contributed by atoms with van der Waals surface area (Å²) in [6, 6.07) is 2.49. The number of carbonyl (C=O) groups is 1. The molecule has 0 aliphatic heterocycles. The number of aliphatic hydroxyl groups excluding tert-OH is 1. The first-order chi connectivity index (χ1) is 8.56. The van der Waals surface area contributed by atoms with Crippen molar-refractivity contribution in [1.82, 2.24) is 5.32 Å². The third-order valence-electron chi connectivity index (χ3n) is 2.32. The van der Waals surface area contributed by atoms with E-state index in [9.17, 15) is 13.6 Å². The van der Waals surface area contributed by atoms with Gasteiger partial charge in [-0.1, -0.05) is 6.07 Å². The standard InChI is InChI=1S/C12H15F2NO3/c1-18-7-10(6-16)15-12(17)4-8-2-3-9(13)5-11(8)14/h2-3,5,10,16H,4,6-7H2,1H3,(H,15,17). The predicted molar refractivity (Wildman–Crippen MR) is 61.0 cm³/mol. The molecule has 0 fully saturated rings. The number of benzene rings is 1. The van der Waals surface area contributed by atoms with E-state index in [4.69, 9.17) is 9.84 Å². The quantitative estimate of drug-likeness (QED) is 0.788. The minimum Gasteiger partial charge on any atom is -0.394 e. The zero-order chi connectivity index (χ0) is 13.5. The third kappa shape index (κ3) is 4.38. The monoisotopic (exact) mass is 259 g/mol. The van der Waals surface area contributed by atoms with Crippen LogP contribution in [0.2, 0.25) is 0 Å². The molecule has 0 radical (unpaired) electrons. The van der Waals surface area contributed by atoms with Gasteiger partial charge in [-0.05, 0) is 11.6 Å². The van der Waals surface area contributed by atoms with Gasteiger partial charge >= 0.3 is 0 Å². The maximum atomic E-state index is 13.3. The van der Waals surface area contributed by atoms with E-state index < -0.39 is 23.6 Å². The normalized spacial score (nSPS) is 12.2. The molecule has 1 atom stereocenters. The number of ether oxygens (including phenoxy) is 1. The van der Waals surface area contributed by atoms with Crippen LogP contribution in [0.25, 0.3) is 0 Å². The molecule has 2 N–H and O–H groups in total. The minimum absolute atomic E-state index is 0.100. The molecule has 0 bridgehead atoms. The molecule has 100 valence electrons. The molecule has 0 saturated carbocycles. The van der Waals surface area contributed by atoms with Crippen molar-refractivity contribution in [2.24, 2.45) is 0 Å². The molecule has 0 aromatic heterocycles. The van der Waals surface area contributed by atoms with Crippen LogP contribution in [0.1, 0.15) is 5.56 Å². The number of hydrogen-bond donors (Lipinski definition) is 2. The summed E-state index contributed by atoms with van der Waals surface area (Å²) in [5.74, 6) is -1.92. The van der Waals surface area contributed by atoms with Crippen molar-refractivity contribution in [3.05, 3.63) is 35.4 Å². The second-order valence-electron chi connectivity index (χ2n) is 3.81. The van der Waals surface area contributed by atoms with Gasteiger partial charge in [-0.25, -0.2) is 8.78 Å². The molecule has 1 unspecified atom stereocenters. The van der Waals surface area contributed by atoms with E-state index in [1.165, 1.54) is 13.2 Å². The summed E-state index contributed by atoms with van der Waals surface area (Å²) in [6.07, 6.45) is -0.216. The SMILES string of the molecule is COCC(CO)NC(=O)Cc1ccc(F)cc1F. The van der Waals surface area contributed by atoms with Crippen molar-refractivity contribution in [2.45, 2.75) is 12.5 Å². The minimum atomic E-state index is -0.766. The van der Waals surface area contributed by atoms with Crippen molar-refractivity contribution in [2.75, 3.05) is 20.3 Å². The molecule has 4 nitrogen and oxygen atoms in total. The van der Waals surface area contributed by atoms with Gasteiger partial charge in [-0.2, -0.15) is 0 Å². The molecule has 6 heteroatoms. The van der Waals surface area contributed by atoms with Gasteiger partial charge < -0.3 is 15.2 Å². The second-order valence-corrected chi connectivity index (χ2v) is 3.81. The Morgan fingerprint density at radius 2 is 2.22 bits per heavy atom. The topological polar surface area (TPSA) is 58.6 Å². The molecular weight excluding hydrogens is 244 g/mol. The average Bonchev–Trinajstić information content (AvgIpc) is 2.32. The van der Waals surface area contributed by atoms with E-state index in [2.05, 4.69) is 5.32 Å². The molecule has 18 heavy (non-hydrogen) atoms. The van der Waals surface area contributed by atoms with Crippen molar-refractivity contribution < 1.29 is 23.4 Å². The highest BCUT2D eigenvalue weighted by Gasteiger charge is 2.13. The molecule has 0 spiro atoms. The number of hydrogen-bond acceptors (Lipinski definition) is 3. The van der Waals surface area contributed by atoms with Crippen LogP contribution in [0.5, 0.6) is 0 Å². The summed E-state index contributed by atoms with van der Waals surface area (Å²) in [4.78, 5) is 11.6. The number of aliphatic hydroxyl groups is 1. The molecule has 0 aliphatic rings. The maximum Gasteiger partial charge on any atom is 0.224 e. The Bertz CT molecular complexity index is 412. The van der Waals surface area contributed by atoms with Gasteiger partial charge in [0.05, 0.1) is 25.7 Å². The molecular formula is C12H15F2NO3. The van der Waals surface area contributed by atoms with E-state index in [1.807, 2.05) is 0 Å². The Morgan fingerprint density at radius 1 is 1.50 bits per heavy atom. The van der Waals surface area contributed by atoms with Crippen molar-refractivity contribution in [1.29, 1.82) is 0 Å². The summed E-state index contributed by atoms with van der Waals surface area (Å²) < 4.78 is 30.7. The van der Waals surface area contributed by atoms with Crippen LogP contribution in [0, 0.1) is 11.6 Å². The van der Waals surface area contributed by atoms with Crippen molar-refractivity contribution in [3.8, 4) is 0 Å². The summed E-state index contributed by atoms with van der Waals surface area (Å²) in [7, 11) is 1.44. The first kappa shape index (κ1) is 14.5. The number of rotatable bonds is 6. The zero-order valence-corrected chi connectivity index (χ0v) is 9.95. The molecule has 1 amide bonds. The lowest BCUT2D eigenvalue weighted by molar-refractivity contribution is -0.121. The van der Waals surface area contributed by atoms with Gasteiger partial charge in [-0.3, -0.25) is 4.79 Å². The van der Waals surface area contributed by atoms with Crippen LogP contribution in [0.4, 0.5) is 8.78 Å². The average molecular weight is 259 g/mol. The molecule has 0 aliphatic carbocycles. The fourth-order valence-corrected chi connectivity index (χ4v) is 1.46. The van der Waals surface area contributed by atoms with E-state index in [-0.39, 0.29) is 25.2 Å². The maximum absolute atomic E-state index is 13.3. The molecule has 0 heterocycles. The van der Waals surface area contributed by atoms with E-state index in [0.717, 1.165) is 12.1 Å². The van der Waals surface area contributed by atoms with E-state index in [0.29, 0.717) is 0 Å². The van der Waals surface area contributed by atoms with Crippen molar-refractivity contribution in [3.63, 3.8) is 0 Å². The lowest BCUT2D eigenvalue weighted by atomic mass is 10.1. The zero-order valence-electron chi connectivity index (χ0n) is 9.95. The van der Waals surface area contributed by atoms with Crippen LogP contribution in [0.3, 0.4) is 0 Å². The predicted octanol–water partition coefficient (Wildman–Crippen LogP) is 0.631. The number of amides is 1. The first-order valence-corrected chi connectivity index (χ1v) is 5.40. The highest BCUT2D eigenvalue weighted by molar-refractivity contribution is 5.78. The van der Waals surface area contributed by atoms with Gasteiger partial charge in [0.2, 0.25) is 5.91 Å². The largest absolute Gasteiger partial charge is 0.394 e. The number of methoxy groups -OCH3 is 1. The Morgan fingerprint density at radius 3 is 2.78 bits per heavy atom. The van der Waals surface area contributed by atoms with Gasteiger partial charge in [0, 0.05) is 13.2 Å². The Kier molecular flexibility index (Phi) is 5.67. The Balaban J connectivity index is 2.58. The third-order valence-corrected chi connectivity index (χ3v) is 2.32. The lowest BCUT2D eigenvalue weighted by Crippen LogP contribution is -2.41. The molecule has 0 saturated heterocycles. The van der Waals surface area contributed by atoms with E-state index >= 15 is 0 Å². The fourth-order valence-electron chi connectivity index (χ4n) is 1.46. The summed E-state index contributed by atoms with van der Waals surface area (Å²) in [6.45, 7) is -0.111. The molecule has 1 aromatic carbocycles. The smallest absolute Gasteiger partial charge is 0.224 e. The molecule has 1 aromatic rings. The summed E-state index contributed by atoms with van der Waals surface area (Å²) in [5.41, 5.74) is 0.100.